The van der Waals surface area contributed by atoms with Gasteiger partial charge in [0.25, 0.3) is 5.91 Å². The summed E-state index contributed by atoms with van der Waals surface area (Å²) in [6, 6.07) is 11.9. The van der Waals surface area contributed by atoms with E-state index in [0.717, 1.165) is 5.56 Å². The van der Waals surface area contributed by atoms with Crippen molar-refractivity contribution in [3.8, 4) is 5.75 Å². The second kappa shape index (κ2) is 7.69. The maximum Gasteiger partial charge on any atom is 0.253 e. The molecule has 8 heteroatoms. The molecule has 27 heavy (non-hydrogen) atoms. The molecule has 0 spiro atoms. The number of amidine groups is 1. The summed E-state index contributed by atoms with van der Waals surface area (Å²) in [5.74, 6) is -0.301. The van der Waals surface area contributed by atoms with Crippen LogP contribution in [0.25, 0.3) is 0 Å². The van der Waals surface area contributed by atoms with Crippen LogP contribution in [-0.2, 0) is 16.2 Å². The van der Waals surface area contributed by atoms with E-state index in [1.54, 1.807) is 42.5 Å². The van der Waals surface area contributed by atoms with E-state index < -0.39 is 5.91 Å². The highest BCUT2D eigenvalue weighted by Gasteiger charge is 2.26. The van der Waals surface area contributed by atoms with E-state index in [-0.39, 0.29) is 37.0 Å². The highest BCUT2D eigenvalue weighted by Crippen LogP contribution is 2.27. The van der Waals surface area contributed by atoms with Crippen LogP contribution in [0.5, 0.6) is 5.75 Å². The predicted octanol–water partition coefficient (Wildman–Crippen LogP) is 0.825. The second-order valence-electron chi connectivity index (χ2n) is 5.93. The number of carbonyl (C=O) groups excluding carboxylic acids is 3. The van der Waals surface area contributed by atoms with E-state index in [0.29, 0.717) is 23.3 Å². The Morgan fingerprint density at radius 3 is 2.63 bits per heavy atom. The summed E-state index contributed by atoms with van der Waals surface area (Å²) in [4.78, 5) is 36.5. The number of carbonyl (C=O) groups is 3. The lowest BCUT2D eigenvalue weighted by molar-refractivity contribution is -0.118. The number of nitrogens with one attached hydrogen (secondary N) is 2. The molecule has 0 saturated carbocycles. The summed E-state index contributed by atoms with van der Waals surface area (Å²) in [6.07, 6.45) is 0.618. The lowest BCUT2D eigenvalue weighted by atomic mass is 10.1. The molecular formula is C19H18N4O4. The van der Waals surface area contributed by atoms with Crippen LogP contribution in [0, 0.1) is 5.41 Å². The minimum Gasteiger partial charge on any atom is -0.489 e. The van der Waals surface area contributed by atoms with Crippen LogP contribution >= 0.6 is 0 Å². The quantitative estimate of drug-likeness (QED) is 0.396. The first-order valence-corrected chi connectivity index (χ1v) is 8.22. The zero-order valence-electron chi connectivity index (χ0n) is 14.4. The second-order valence-corrected chi connectivity index (χ2v) is 5.93. The van der Waals surface area contributed by atoms with E-state index in [9.17, 15) is 14.4 Å². The van der Waals surface area contributed by atoms with Crippen molar-refractivity contribution in [2.75, 3.05) is 18.0 Å². The predicted molar refractivity (Wildman–Crippen MR) is 99.0 cm³/mol. The molecule has 0 unspecified atom stereocenters. The summed E-state index contributed by atoms with van der Waals surface area (Å²) < 4.78 is 5.73. The highest BCUT2D eigenvalue weighted by molar-refractivity contribution is 6.10. The minimum absolute atomic E-state index is 0.00587. The monoisotopic (exact) mass is 366 g/mol. The van der Waals surface area contributed by atoms with Crippen molar-refractivity contribution in [2.45, 2.75) is 6.61 Å². The lowest BCUT2D eigenvalue weighted by Crippen LogP contribution is -2.37. The Balaban J connectivity index is 1.80. The molecule has 3 rings (SSSR count). The molecular weight excluding hydrogens is 348 g/mol. The molecule has 2 aromatic carbocycles. The third kappa shape index (κ3) is 3.95. The minimum atomic E-state index is -0.400. The van der Waals surface area contributed by atoms with Crippen LogP contribution in [0.1, 0.15) is 21.5 Å². The smallest absolute Gasteiger partial charge is 0.253 e. The molecule has 0 saturated heterocycles. The molecule has 1 heterocycles. The fourth-order valence-corrected chi connectivity index (χ4v) is 2.72. The largest absolute Gasteiger partial charge is 0.489 e. The van der Waals surface area contributed by atoms with Gasteiger partial charge >= 0.3 is 0 Å². The van der Waals surface area contributed by atoms with Crippen molar-refractivity contribution >= 4 is 29.6 Å². The summed E-state index contributed by atoms with van der Waals surface area (Å²) >= 11 is 0. The van der Waals surface area contributed by atoms with Gasteiger partial charge in [-0.2, -0.15) is 0 Å². The highest BCUT2D eigenvalue weighted by atomic mass is 16.5. The fraction of sp³-hybridized carbons (Fsp3) is 0.158. The molecule has 1 aliphatic rings. The van der Waals surface area contributed by atoms with Gasteiger partial charge in [-0.3, -0.25) is 15.0 Å². The van der Waals surface area contributed by atoms with Gasteiger partial charge in [-0.15, -0.1) is 0 Å². The number of fused-ring (bicyclic) bond motifs is 1. The normalized spacial score (nSPS) is 13.4. The first-order chi connectivity index (χ1) is 13.0. The van der Waals surface area contributed by atoms with Crippen molar-refractivity contribution in [1.29, 1.82) is 5.41 Å². The number of amides is 2. The number of hydrogen-bond acceptors (Lipinski definition) is 5. The van der Waals surface area contributed by atoms with E-state index in [4.69, 9.17) is 15.9 Å². The van der Waals surface area contributed by atoms with Crippen molar-refractivity contribution in [1.82, 2.24) is 5.32 Å². The SMILES string of the molecule is N=C(N)c1ccc(COc2ccc3c(c2)C(=O)NCC(=O)N3CC=O)cc1. The van der Waals surface area contributed by atoms with Crippen molar-refractivity contribution in [3.63, 3.8) is 0 Å². The Morgan fingerprint density at radius 2 is 1.96 bits per heavy atom. The van der Waals surface area contributed by atoms with Gasteiger partial charge in [-0.1, -0.05) is 24.3 Å². The van der Waals surface area contributed by atoms with Gasteiger partial charge in [0.2, 0.25) is 5.91 Å². The standard InChI is InChI=1S/C19H18N4O4/c20-18(21)13-3-1-12(2-4-13)11-27-14-5-6-16-15(9-14)19(26)22-10-17(25)23(16)7-8-24/h1-6,8-9H,7,10-11H2,(H3,20,21)(H,22,26). The van der Waals surface area contributed by atoms with Crippen molar-refractivity contribution in [2.24, 2.45) is 5.73 Å². The maximum absolute atomic E-state index is 12.3. The van der Waals surface area contributed by atoms with Gasteiger partial charge in [0.05, 0.1) is 24.3 Å². The Kier molecular flexibility index (Phi) is 5.16. The van der Waals surface area contributed by atoms with Crippen molar-refractivity contribution < 1.29 is 19.1 Å². The fourth-order valence-electron chi connectivity index (χ4n) is 2.72. The Labute approximate surface area is 155 Å². The van der Waals surface area contributed by atoms with Crippen LogP contribution in [-0.4, -0.2) is 37.0 Å². The van der Waals surface area contributed by atoms with E-state index in [1.165, 1.54) is 4.90 Å². The number of benzene rings is 2. The molecule has 138 valence electrons. The summed E-state index contributed by atoms with van der Waals surface area (Å²) in [5, 5.41) is 9.91. The van der Waals surface area contributed by atoms with Crippen LogP contribution in [0.3, 0.4) is 0 Å². The number of anilines is 1. The van der Waals surface area contributed by atoms with Gasteiger partial charge in [0.1, 0.15) is 24.5 Å². The molecule has 1 aliphatic heterocycles. The summed E-state index contributed by atoms with van der Waals surface area (Å²) in [7, 11) is 0. The van der Waals surface area contributed by atoms with E-state index in [1.807, 2.05) is 0 Å². The topological polar surface area (TPSA) is 126 Å². The first kappa shape index (κ1) is 18.1. The number of nitrogens with zero attached hydrogens (tertiary/aromatic N) is 1. The van der Waals surface area contributed by atoms with Gasteiger partial charge in [-0.25, -0.2) is 0 Å². The molecule has 0 fully saturated rings. The average Bonchev–Trinajstić information content (AvgIpc) is 2.79. The lowest BCUT2D eigenvalue weighted by Gasteiger charge is -2.19. The van der Waals surface area contributed by atoms with Gasteiger partial charge in [-0.05, 0) is 23.8 Å². The van der Waals surface area contributed by atoms with Crippen molar-refractivity contribution in [3.05, 3.63) is 59.2 Å². The van der Waals surface area contributed by atoms with Gasteiger partial charge in [0.15, 0.2) is 0 Å². The molecule has 4 N–H and O–H groups in total. The number of nitrogens with two attached hydrogens (primary N) is 1. The Hall–Kier alpha value is -3.68. The molecule has 0 aliphatic carbocycles. The molecule has 2 aromatic rings. The molecule has 2 amide bonds. The van der Waals surface area contributed by atoms with Gasteiger partial charge < -0.3 is 25.5 Å². The number of hydrogen-bond donors (Lipinski definition) is 3. The number of aldehydes is 1. The third-order valence-corrected chi connectivity index (χ3v) is 4.13. The van der Waals surface area contributed by atoms with Crippen LogP contribution in [0.4, 0.5) is 5.69 Å². The Bertz CT molecular complexity index is 908. The zero-order valence-corrected chi connectivity index (χ0v) is 14.4. The number of nitrogen functional groups attached to an aromatic ring is 1. The number of ether oxygens (including phenoxy) is 1. The zero-order chi connectivity index (χ0) is 19.4. The number of rotatable bonds is 6. The molecule has 0 bridgehead atoms. The molecule has 0 atom stereocenters. The van der Waals surface area contributed by atoms with Crippen LogP contribution in [0.15, 0.2) is 42.5 Å². The molecule has 8 nitrogen and oxygen atoms in total. The first-order valence-electron chi connectivity index (χ1n) is 8.22. The van der Waals surface area contributed by atoms with E-state index >= 15 is 0 Å². The average molecular weight is 366 g/mol. The summed E-state index contributed by atoms with van der Waals surface area (Å²) in [6.45, 7) is -0.0287. The maximum atomic E-state index is 12.3. The van der Waals surface area contributed by atoms with Crippen LogP contribution < -0.4 is 20.7 Å². The summed E-state index contributed by atoms with van der Waals surface area (Å²) in [5.41, 5.74) is 7.57. The molecule has 0 radical (unpaired) electrons. The van der Waals surface area contributed by atoms with E-state index in [2.05, 4.69) is 5.32 Å². The third-order valence-electron chi connectivity index (χ3n) is 4.13. The van der Waals surface area contributed by atoms with Gasteiger partial charge in [0, 0.05) is 5.56 Å². The molecule has 0 aromatic heterocycles. The van der Waals surface area contributed by atoms with Crippen LogP contribution in [0.2, 0.25) is 0 Å². The Morgan fingerprint density at radius 1 is 1.22 bits per heavy atom.